The van der Waals surface area contributed by atoms with E-state index in [0.717, 1.165) is 11.1 Å². The van der Waals surface area contributed by atoms with Crippen LogP contribution < -0.4 is 20.5 Å². The topological polar surface area (TPSA) is 73.6 Å². The van der Waals surface area contributed by atoms with E-state index in [4.69, 9.17) is 15.2 Å². The van der Waals surface area contributed by atoms with Gasteiger partial charge in [0.15, 0.2) is 11.5 Å². The van der Waals surface area contributed by atoms with Crippen molar-refractivity contribution >= 4 is 18.3 Å². The van der Waals surface area contributed by atoms with Crippen molar-refractivity contribution in [3.8, 4) is 11.5 Å². The van der Waals surface area contributed by atoms with Gasteiger partial charge in [0.1, 0.15) is 0 Å². The molecule has 0 aromatic heterocycles. The summed E-state index contributed by atoms with van der Waals surface area (Å²) in [6.45, 7) is 2.15. The smallest absolute Gasteiger partial charge is 0.224 e. The van der Waals surface area contributed by atoms with Gasteiger partial charge in [-0.15, -0.1) is 12.4 Å². The summed E-state index contributed by atoms with van der Waals surface area (Å²) in [6.07, 6.45) is 0.646. The van der Waals surface area contributed by atoms with Crippen LogP contribution in [-0.2, 0) is 11.2 Å². The van der Waals surface area contributed by atoms with E-state index in [9.17, 15) is 4.79 Å². The molecule has 0 saturated carbocycles. The Bertz CT molecular complexity index is 695. The normalized spacial score (nSPS) is 12.5. The number of amides is 1. The second-order valence-corrected chi connectivity index (χ2v) is 6.00. The second kappa shape index (κ2) is 10.7. The number of carbonyl (C=O) groups is 1. The lowest BCUT2D eigenvalue weighted by molar-refractivity contribution is -0.125. The van der Waals surface area contributed by atoms with E-state index in [-0.39, 0.29) is 30.3 Å². The number of methoxy groups -OCH3 is 2. The Kier molecular flexibility index (Phi) is 8.96. The molecule has 5 nitrogen and oxygen atoms in total. The van der Waals surface area contributed by atoms with E-state index >= 15 is 0 Å². The predicted molar refractivity (Wildman–Crippen MR) is 106 cm³/mol. The third-order valence-electron chi connectivity index (χ3n) is 4.21. The molecule has 26 heavy (non-hydrogen) atoms. The van der Waals surface area contributed by atoms with E-state index in [0.29, 0.717) is 24.5 Å². The van der Waals surface area contributed by atoms with Crippen LogP contribution in [-0.4, -0.2) is 26.7 Å². The number of rotatable bonds is 8. The van der Waals surface area contributed by atoms with E-state index in [2.05, 4.69) is 5.32 Å². The number of nitrogens with two attached hydrogens (primary N) is 1. The summed E-state index contributed by atoms with van der Waals surface area (Å²) in [5.41, 5.74) is 7.72. The molecule has 6 heteroatoms. The summed E-state index contributed by atoms with van der Waals surface area (Å²) in [7, 11) is 3.22. The fourth-order valence-corrected chi connectivity index (χ4v) is 2.60. The van der Waals surface area contributed by atoms with Crippen molar-refractivity contribution in [3.05, 3.63) is 59.7 Å². The molecule has 0 aliphatic carbocycles. The number of hydrogen-bond donors (Lipinski definition) is 2. The van der Waals surface area contributed by atoms with Crippen LogP contribution in [0.4, 0.5) is 0 Å². The van der Waals surface area contributed by atoms with Crippen molar-refractivity contribution in [2.45, 2.75) is 19.4 Å². The number of carbonyl (C=O) groups excluding carboxylic acids is 1. The van der Waals surface area contributed by atoms with Gasteiger partial charge in [-0.3, -0.25) is 4.79 Å². The molecule has 0 aliphatic heterocycles. The lowest BCUT2D eigenvalue weighted by Crippen LogP contribution is -2.36. The average Bonchev–Trinajstić information content (AvgIpc) is 2.67. The number of ether oxygens (including phenoxy) is 2. The van der Waals surface area contributed by atoms with Gasteiger partial charge in [0.25, 0.3) is 0 Å². The zero-order valence-electron chi connectivity index (χ0n) is 15.4. The molecule has 0 bridgehead atoms. The molecule has 142 valence electrons. The fraction of sp³-hybridized carbons (Fsp3) is 0.350. The molecule has 0 fully saturated rings. The van der Waals surface area contributed by atoms with E-state index in [1.165, 1.54) is 0 Å². The van der Waals surface area contributed by atoms with Crippen molar-refractivity contribution in [1.82, 2.24) is 5.32 Å². The first kappa shape index (κ1) is 21.8. The molecule has 0 spiro atoms. The fourth-order valence-electron chi connectivity index (χ4n) is 2.60. The molecule has 0 aliphatic rings. The Morgan fingerprint density at radius 2 is 1.73 bits per heavy atom. The lowest BCUT2D eigenvalue weighted by Gasteiger charge is -2.22. The van der Waals surface area contributed by atoms with Crippen LogP contribution in [0.25, 0.3) is 0 Å². The molecule has 0 heterocycles. The minimum atomic E-state index is -0.225. The maximum absolute atomic E-state index is 12.3. The summed E-state index contributed by atoms with van der Waals surface area (Å²) in [4.78, 5) is 12.3. The molecular weight excluding hydrogens is 352 g/mol. The molecule has 1 amide bonds. The van der Waals surface area contributed by atoms with Gasteiger partial charge >= 0.3 is 0 Å². The van der Waals surface area contributed by atoms with Gasteiger partial charge in [-0.25, -0.2) is 0 Å². The highest BCUT2D eigenvalue weighted by atomic mass is 35.5. The summed E-state index contributed by atoms with van der Waals surface area (Å²) in [5, 5.41) is 3.11. The molecular formula is C20H27ClN2O3. The first-order valence-electron chi connectivity index (χ1n) is 8.35. The van der Waals surface area contributed by atoms with Crippen molar-refractivity contribution in [1.29, 1.82) is 0 Å². The zero-order valence-corrected chi connectivity index (χ0v) is 16.2. The summed E-state index contributed by atoms with van der Waals surface area (Å²) >= 11 is 0. The summed E-state index contributed by atoms with van der Waals surface area (Å²) in [5.74, 6) is 1.09. The van der Waals surface area contributed by atoms with Crippen LogP contribution in [0.2, 0.25) is 0 Å². The molecule has 0 radical (unpaired) electrons. The second-order valence-electron chi connectivity index (χ2n) is 6.00. The highest BCUT2D eigenvalue weighted by Gasteiger charge is 2.19. The first-order valence-corrected chi connectivity index (χ1v) is 8.35. The molecule has 2 aromatic rings. The molecule has 2 aromatic carbocycles. The highest BCUT2D eigenvalue weighted by molar-refractivity contribution is 5.85. The van der Waals surface area contributed by atoms with Gasteiger partial charge in [0.05, 0.1) is 20.3 Å². The maximum Gasteiger partial charge on any atom is 0.224 e. The number of halogens is 1. The van der Waals surface area contributed by atoms with Gasteiger partial charge < -0.3 is 20.5 Å². The largest absolute Gasteiger partial charge is 0.493 e. The SMILES string of the molecule is COc1ccc(CC(NC(=O)C(C)CN)c2ccccc2)cc1OC.Cl. The van der Waals surface area contributed by atoms with Gasteiger partial charge in [-0.2, -0.15) is 0 Å². The predicted octanol–water partition coefficient (Wildman–Crippen LogP) is 3.12. The van der Waals surface area contributed by atoms with E-state index in [1.807, 2.05) is 55.5 Å². The molecule has 2 atom stereocenters. The zero-order chi connectivity index (χ0) is 18.2. The van der Waals surface area contributed by atoms with Crippen molar-refractivity contribution < 1.29 is 14.3 Å². The van der Waals surface area contributed by atoms with Gasteiger partial charge in [-0.05, 0) is 29.7 Å². The van der Waals surface area contributed by atoms with E-state index < -0.39 is 0 Å². The summed E-state index contributed by atoms with van der Waals surface area (Å²) < 4.78 is 10.7. The van der Waals surface area contributed by atoms with Crippen LogP contribution in [0, 0.1) is 5.92 Å². The Morgan fingerprint density at radius 3 is 2.31 bits per heavy atom. The average molecular weight is 379 g/mol. The molecule has 3 N–H and O–H groups in total. The Balaban J connectivity index is 0.00000338. The van der Waals surface area contributed by atoms with Gasteiger partial charge in [0.2, 0.25) is 5.91 Å². The summed E-state index contributed by atoms with van der Waals surface area (Å²) in [6, 6.07) is 15.6. The molecule has 0 saturated heterocycles. The third kappa shape index (κ3) is 5.64. The van der Waals surface area contributed by atoms with Gasteiger partial charge in [0, 0.05) is 12.5 Å². The lowest BCUT2D eigenvalue weighted by atomic mass is 9.97. The van der Waals surface area contributed by atoms with Gasteiger partial charge in [-0.1, -0.05) is 43.3 Å². The number of benzene rings is 2. The van der Waals surface area contributed by atoms with E-state index in [1.54, 1.807) is 14.2 Å². The van der Waals surface area contributed by atoms with Crippen molar-refractivity contribution in [2.24, 2.45) is 11.7 Å². The number of hydrogen-bond acceptors (Lipinski definition) is 4. The van der Waals surface area contributed by atoms with Crippen LogP contribution in [0.5, 0.6) is 11.5 Å². The molecule has 2 unspecified atom stereocenters. The standard InChI is InChI=1S/C20H26N2O3.ClH/c1-14(13-21)20(23)22-17(16-7-5-4-6-8-16)11-15-9-10-18(24-2)19(12-15)25-3;/h4-10,12,14,17H,11,13,21H2,1-3H3,(H,22,23);1H. The monoisotopic (exact) mass is 378 g/mol. The quantitative estimate of drug-likeness (QED) is 0.740. The minimum absolute atomic E-state index is 0. The number of nitrogens with one attached hydrogen (secondary N) is 1. The van der Waals surface area contributed by atoms with Crippen molar-refractivity contribution in [3.63, 3.8) is 0 Å². The van der Waals surface area contributed by atoms with Crippen LogP contribution >= 0.6 is 12.4 Å². The minimum Gasteiger partial charge on any atom is -0.493 e. The molecule has 2 rings (SSSR count). The third-order valence-corrected chi connectivity index (χ3v) is 4.21. The Labute approximate surface area is 161 Å². The van der Waals surface area contributed by atoms with Crippen LogP contribution in [0.1, 0.15) is 24.1 Å². The first-order chi connectivity index (χ1) is 12.1. The Morgan fingerprint density at radius 1 is 1.08 bits per heavy atom. The van der Waals surface area contributed by atoms with Crippen LogP contribution in [0.3, 0.4) is 0 Å². The Hall–Kier alpha value is -2.24. The maximum atomic E-state index is 12.3. The van der Waals surface area contributed by atoms with Crippen molar-refractivity contribution in [2.75, 3.05) is 20.8 Å². The highest BCUT2D eigenvalue weighted by Crippen LogP contribution is 2.29. The van der Waals surface area contributed by atoms with Crippen LogP contribution in [0.15, 0.2) is 48.5 Å².